The van der Waals surface area contributed by atoms with Gasteiger partial charge < -0.3 is 8.60 Å². The van der Waals surface area contributed by atoms with E-state index in [0.717, 1.165) is 5.39 Å². The zero-order valence-electron chi connectivity index (χ0n) is 13.8. The van der Waals surface area contributed by atoms with Crippen molar-refractivity contribution >= 4 is 32.7 Å². The number of furan rings is 1. The summed E-state index contributed by atoms with van der Waals surface area (Å²) in [6.07, 6.45) is -6.15. The van der Waals surface area contributed by atoms with Gasteiger partial charge in [-0.1, -0.05) is 30.3 Å². The summed E-state index contributed by atoms with van der Waals surface area (Å²) in [6, 6.07) is 13.3. The van der Waals surface area contributed by atoms with Crippen molar-refractivity contribution in [2.75, 3.05) is 5.75 Å². The van der Waals surface area contributed by atoms with Crippen LogP contribution < -0.4 is 4.18 Å². The van der Waals surface area contributed by atoms with Crippen molar-refractivity contribution in [3.8, 4) is 16.9 Å². The van der Waals surface area contributed by atoms with Crippen LogP contribution in [-0.2, 0) is 10.1 Å². The molecular weight excluding hydrogens is 405 g/mol. The number of halogens is 4. The average molecular weight is 419 g/mol. The van der Waals surface area contributed by atoms with Gasteiger partial charge in [0.15, 0.2) is 5.22 Å². The van der Waals surface area contributed by atoms with Gasteiger partial charge in [0.05, 0.1) is 5.75 Å². The molecule has 4 nitrogen and oxygen atoms in total. The maximum Gasteiger partial charge on any atom is 0.389 e. The number of hydrogen-bond acceptors (Lipinski definition) is 4. The van der Waals surface area contributed by atoms with E-state index in [2.05, 4.69) is 0 Å². The number of alkyl halides is 3. The molecule has 9 heteroatoms. The number of hydrogen-bond donors (Lipinski definition) is 0. The van der Waals surface area contributed by atoms with Crippen LogP contribution in [0.5, 0.6) is 5.75 Å². The third-order valence-electron chi connectivity index (χ3n) is 3.74. The molecule has 2 aromatic carbocycles. The first-order chi connectivity index (χ1) is 12.6. The molecule has 27 heavy (non-hydrogen) atoms. The normalized spacial score (nSPS) is 12.4. The maximum absolute atomic E-state index is 12.2. The second-order valence-corrected chi connectivity index (χ2v) is 7.93. The largest absolute Gasteiger partial charge is 0.444 e. The highest BCUT2D eigenvalue weighted by Gasteiger charge is 2.28. The van der Waals surface area contributed by atoms with Crippen molar-refractivity contribution in [3.63, 3.8) is 0 Å². The van der Waals surface area contributed by atoms with E-state index in [1.807, 2.05) is 6.07 Å². The van der Waals surface area contributed by atoms with Crippen molar-refractivity contribution in [2.24, 2.45) is 0 Å². The minimum atomic E-state index is -4.40. The minimum absolute atomic E-state index is 0.00849. The predicted molar refractivity (Wildman–Crippen MR) is 96.4 cm³/mol. The van der Waals surface area contributed by atoms with Crippen LogP contribution in [0, 0.1) is 0 Å². The van der Waals surface area contributed by atoms with Gasteiger partial charge in [0.2, 0.25) is 0 Å². The Morgan fingerprint density at radius 2 is 1.81 bits per heavy atom. The van der Waals surface area contributed by atoms with E-state index in [1.165, 1.54) is 12.1 Å². The van der Waals surface area contributed by atoms with Gasteiger partial charge in [-0.05, 0) is 35.7 Å². The lowest BCUT2D eigenvalue weighted by molar-refractivity contribution is -0.134. The van der Waals surface area contributed by atoms with Crippen LogP contribution in [0.2, 0.25) is 5.22 Å². The number of para-hydroxylation sites is 1. The van der Waals surface area contributed by atoms with Crippen LogP contribution in [-0.4, -0.2) is 20.3 Å². The molecule has 0 aliphatic carbocycles. The van der Waals surface area contributed by atoms with E-state index in [9.17, 15) is 21.6 Å². The van der Waals surface area contributed by atoms with Crippen molar-refractivity contribution in [1.29, 1.82) is 0 Å². The van der Waals surface area contributed by atoms with Crippen molar-refractivity contribution in [1.82, 2.24) is 0 Å². The molecule has 0 saturated heterocycles. The molecule has 3 aromatic rings. The van der Waals surface area contributed by atoms with Gasteiger partial charge in [-0.15, -0.1) is 0 Å². The number of fused-ring (bicyclic) bond motifs is 1. The van der Waals surface area contributed by atoms with Crippen molar-refractivity contribution in [3.05, 3.63) is 53.8 Å². The standard InChI is InChI=1S/C18H14ClF3O4S/c19-16-11-13-5-2-7-15(17(13)25-16)12-4-1-6-14(10-12)26-27(23,24)9-3-8-18(20,21)22/h1-2,4-7,10-11H,3,8-9H2. The average Bonchev–Trinajstić information content (AvgIpc) is 2.93. The number of rotatable bonds is 6. The van der Waals surface area contributed by atoms with Crippen LogP contribution in [0.3, 0.4) is 0 Å². The lowest BCUT2D eigenvalue weighted by atomic mass is 10.0. The Bertz CT molecular complexity index is 1060. The molecule has 0 bridgehead atoms. The summed E-state index contributed by atoms with van der Waals surface area (Å²) in [7, 11) is -4.14. The SMILES string of the molecule is O=S(=O)(CCCC(F)(F)F)Oc1cccc(-c2cccc3cc(Cl)oc23)c1. The van der Waals surface area contributed by atoms with Crippen LogP contribution in [0.15, 0.2) is 52.9 Å². The lowest BCUT2D eigenvalue weighted by Crippen LogP contribution is -2.16. The molecule has 0 aliphatic rings. The summed E-state index contributed by atoms with van der Waals surface area (Å²) in [4.78, 5) is 0. The summed E-state index contributed by atoms with van der Waals surface area (Å²) in [6.45, 7) is 0. The summed E-state index contributed by atoms with van der Waals surface area (Å²) >= 11 is 5.89. The molecule has 0 atom stereocenters. The molecule has 0 unspecified atom stereocenters. The van der Waals surface area contributed by atoms with Crippen LogP contribution in [0.25, 0.3) is 22.1 Å². The molecule has 0 saturated carbocycles. The fraction of sp³-hybridized carbons (Fsp3) is 0.222. The molecule has 0 spiro atoms. The molecule has 0 fully saturated rings. The Morgan fingerprint density at radius 1 is 1.07 bits per heavy atom. The van der Waals surface area contributed by atoms with Gasteiger partial charge in [-0.25, -0.2) is 0 Å². The Morgan fingerprint density at radius 3 is 2.56 bits per heavy atom. The summed E-state index contributed by atoms with van der Waals surface area (Å²) in [5.74, 6) is -0.714. The summed E-state index contributed by atoms with van der Waals surface area (Å²) < 4.78 is 70.8. The van der Waals surface area contributed by atoms with Gasteiger partial charge in [0.25, 0.3) is 0 Å². The first kappa shape index (κ1) is 19.6. The highest BCUT2D eigenvalue weighted by Crippen LogP contribution is 2.34. The Labute approximate surface area is 158 Å². The summed E-state index contributed by atoms with van der Waals surface area (Å²) in [5, 5.41) is 1.00. The van der Waals surface area contributed by atoms with Gasteiger partial charge >= 0.3 is 16.3 Å². The maximum atomic E-state index is 12.2. The van der Waals surface area contributed by atoms with E-state index in [-0.39, 0.29) is 11.0 Å². The lowest BCUT2D eigenvalue weighted by Gasteiger charge is -2.10. The van der Waals surface area contributed by atoms with Gasteiger partial charge in [0, 0.05) is 23.4 Å². The van der Waals surface area contributed by atoms with Crippen molar-refractivity contribution < 1.29 is 30.2 Å². The fourth-order valence-corrected chi connectivity index (χ4v) is 3.78. The molecule has 0 aliphatic heterocycles. The van der Waals surface area contributed by atoms with E-state index < -0.39 is 34.9 Å². The molecular formula is C18H14ClF3O4S. The molecule has 1 aromatic heterocycles. The van der Waals surface area contributed by atoms with E-state index in [1.54, 1.807) is 30.3 Å². The first-order valence-electron chi connectivity index (χ1n) is 7.90. The number of benzene rings is 2. The second-order valence-electron chi connectivity index (χ2n) is 5.87. The predicted octanol–water partition coefficient (Wildman–Crippen LogP) is 5.80. The van der Waals surface area contributed by atoms with E-state index >= 15 is 0 Å². The zero-order valence-corrected chi connectivity index (χ0v) is 15.4. The molecule has 144 valence electrons. The molecule has 0 radical (unpaired) electrons. The molecule has 0 amide bonds. The Hall–Kier alpha value is -2.19. The highest BCUT2D eigenvalue weighted by molar-refractivity contribution is 7.87. The smallest absolute Gasteiger partial charge is 0.389 e. The monoisotopic (exact) mass is 418 g/mol. The first-order valence-corrected chi connectivity index (χ1v) is 9.86. The fourth-order valence-electron chi connectivity index (χ4n) is 2.61. The van der Waals surface area contributed by atoms with Gasteiger partial charge in [-0.3, -0.25) is 0 Å². The quantitative estimate of drug-likeness (QED) is 0.474. The van der Waals surface area contributed by atoms with Gasteiger partial charge in [-0.2, -0.15) is 21.6 Å². The third kappa shape index (κ3) is 5.17. The highest BCUT2D eigenvalue weighted by atomic mass is 35.5. The van der Waals surface area contributed by atoms with E-state index in [4.69, 9.17) is 20.2 Å². The minimum Gasteiger partial charge on any atom is -0.444 e. The van der Waals surface area contributed by atoms with Crippen LogP contribution >= 0.6 is 11.6 Å². The molecule has 0 N–H and O–H groups in total. The third-order valence-corrected chi connectivity index (χ3v) is 5.16. The van der Waals surface area contributed by atoms with Gasteiger partial charge in [0.1, 0.15) is 11.3 Å². The molecule has 1 heterocycles. The van der Waals surface area contributed by atoms with E-state index in [0.29, 0.717) is 16.7 Å². The topological polar surface area (TPSA) is 56.5 Å². The second kappa shape index (κ2) is 7.44. The Balaban J connectivity index is 1.81. The van der Waals surface area contributed by atoms with Crippen LogP contribution in [0.4, 0.5) is 13.2 Å². The zero-order chi connectivity index (χ0) is 19.7. The summed E-state index contributed by atoms with van der Waals surface area (Å²) in [5.41, 5.74) is 1.83. The van der Waals surface area contributed by atoms with Crippen LogP contribution in [0.1, 0.15) is 12.8 Å². The molecule has 3 rings (SSSR count). The Kier molecular flexibility index (Phi) is 5.39. The van der Waals surface area contributed by atoms with Crippen molar-refractivity contribution in [2.45, 2.75) is 19.0 Å².